The van der Waals surface area contributed by atoms with E-state index in [1.807, 2.05) is 12.1 Å². The number of carbonyl (C=O) groups excluding carboxylic acids is 2. The third-order valence-electron chi connectivity index (χ3n) is 4.57. The van der Waals surface area contributed by atoms with Gasteiger partial charge < -0.3 is 15.7 Å². The smallest absolute Gasteiger partial charge is 0.353 e. The fourth-order valence-electron chi connectivity index (χ4n) is 3.24. The number of anilines is 1. The molecule has 0 aliphatic carbocycles. The van der Waals surface area contributed by atoms with Gasteiger partial charge in [0.25, 0.3) is 5.91 Å². The highest BCUT2D eigenvalue weighted by atomic mass is 32.2. The van der Waals surface area contributed by atoms with Crippen molar-refractivity contribution >= 4 is 68.8 Å². The molecule has 2 atom stereocenters. The van der Waals surface area contributed by atoms with Gasteiger partial charge in [0.2, 0.25) is 11.0 Å². The summed E-state index contributed by atoms with van der Waals surface area (Å²) in [6, 6.07) is 3.08. The quantitative estimate of drug-likeness (QED) is 0.411. The molecule has 0 aromatic carbocycles. The van der Waals surface area contributed by atoms with Crippen LogP contribution in [0.5, 0.6) is 0 Å². The molecule has 13 heteroatoms. The number of rotatable bonds is 6. The van der Waals surface area contributed by atoms with Crippen LogP contribution in [0.4, 0.5) is 5.13 Å². The van der Waals surface area contributed by atoms with E-state index in [1.165, 1.54) is 23.6 Å². The van der Waals surface area contributed by atoms with Crippen LogP contribution >= 0.6 is 35.3 Å². The van der Waals surface area contributed by atoms with Crippen LogP contribution < -0.4 is 10.6 Å². The maximum atomic E-state index is 12.8. The molecule has 2 aliphatic rings. The molecule has 2 aromatic heterocycles. The molecule has 10 nitrogen and oxygen atoms in total. The first-order valence-corrected chi connectivity index (χ1v) is 11.3. The Bertz CT molecular complexity index is 1100. The molecule has 2 aromatic rings. The molecule has 1 fully saturated rings. The zero-order valence-corrected chi connectivity index (χ0v) is 18.5. The number of aliphatic carboxylic acids is 1. The predicted octanol–water partition coefficient (Wildman–Crippen LogP) is 1.13. The minimum Gasteiger partial charge on any atom is -0.477 e. The van der Waals surface area contributed by atoms with Gasteiger partial charge in [-0.15, -0.1) is 22.0 Å². The maximum absolute atomic E-state index is 12.8. The molecule has 1 unspecified atom stereocenters. The predicted molar refractivity (Wildman–Crippen MR) is 119 cm³/mol. The number of amides is 2. The Hall–Kier alpha value is -2.90. The van der Waals surface area contributed by atoms with Crippen LogP contribution in [0.2, 0.25) is 0 Å². The highest BCUT2D eigenvalue weighted by Crippen LogP contribution is 2.44. The summed E-state index contributed by atoms with van der Waals surface area (Å²) < 4.78 is 0. The summed E-state index contributed by atoms with van der Waals surface area (Å²) in [7, 11) is 0. The van der Waals surface area contributed by atoms with Crippen molar-refractivity contribution in [2.75, 3.05) is 11.1 Å². The largest absolute Gasteiger partial charge is 0.477 e. The number of hydrogen-bond donors (Lipinski definition) is 3. The molecule has 4 rings (SSSR count). The van der Waals surface area contributed by atoms with Crippen molar-refractivity contribution in [2.24, 2.45) is 0 Å². The van der Waals surface area contributed by atoms with E-state index in [9.17, 15) is 19.5 Å². The van der Waals surface area contributed by atoms with E-state index in [-0.39, 0.29) is 28.0 Å². The van der Waals surface area contributed by atoms with Gasteiger partial charge in [0.05, 0.1) is 4.99 Å². The standard InChI is InChI=1S/C18H16N6O4S3/c1-8(25)20-18-23-22-14(31-18)10-7-30-16-12(15(26)24(16)13(10)17(27)28)21-11(29)6-9-2-4-19-5-3-9/h2-5,12,16H,6-7H2,1H3,(H,21,29)(H,27,28)(H,20,23,25)/t12?,16-/m0/s1. The van der Waals surface area contributed by atoms with Crippen LogP contribution in [0, 0.1) is 0 Å². The zero-order valence-electron chi connectivity index (χ0n) is 16.1. The minimum absolute atomic E-state index is 0.114. The molecule has 0 spiro atoms. The van der Waals surface area contributed by atoms with E-state index < -0.39 is 12.0 Å². The molecule has 4 heterocycles. The third kappa shape index (κ3) is 4.29. The van der Waals surface area contributed by atoms with Gasteiger partial charge in [-0.2, -0.15) is 0 Å². The second-order valence-corrected chi connectivity index (χ2v) is 9.29. The van der Waals surface area contributed by atoms with Crippen molar-refractivity contribution in [1.29, 1.82) is 0 Å². The van der Waals surface area contributed by atoms with Crippen molar-refractivity contribution in [1.82, 2.24) is 25.4 Å². The Balaban J connectivity index is 1.51. The summed E-state index contributed by atoms with van der Waals surface area (Å²) >= 11 is 7.87. The molecule has 1 saturated heterocycles. The van der Waals surface area contributed by atoms with E-state index in [4.69, 9.17) is 12.2 Å². The van der Waals surface area contributed by atoms with E-state index in [2.05, 4.69) is 25.8 Å². The summed E-state index contributed by atoms with van der Waals surface area (Å²) in [6.07, 6.45) is 3.80. The number of hydrogen-bond acceptors (Lipinski definition) is 9. The zero-order chi connectivity index (χ0) is 22.1. The van der Waals surface area contributed by atoms with Crippen LogP contribution in [0.3, 0.4) is 0 Å². The molecule has 3 N–H and O–H groups in total. The van der Waals surface area contributed by atoms with Crippen LogP contribution in [0.25, 0.3) is 5.57 Å². The number of nitrogens with zero attached hydrogens (tertiary/aromatic N) is 4. The third-order valence-corrected chi connectivity index (χ3v) is 7.01. The highest BCUT2D eigenvalue weighted by Gasteiger charge is 2.54. The number of thioether (sulfide) groups is 1. The van der Waals surface area contributed by atoms with E-state index in [0.717, 1.165) is 16.9 Å². The lowest BCUT2D eigenvalue weighted by atomic mass is 10.0. The summed E-state index contributed by atoms with van der Waals surface area (Å²) in [4.78, 5) is 41.7. The Morgan fingerprint density at radius 3 is 2.74 bits per heavy atom. The minimum atomic E-state index is -1.22. The molecule has 2 aliphatic heterocycles. The van der Waals surface area contributed by atoms with E-state index >= 15 is 0 Å². The number of carbonyl (C=O) groups is 3. The number of fused-ring (bicyclic) bond motifs is 1. The van der Waals surface area contributed by atoms with Crippen LogP contribution in [-0.2, 0) is 20.8 Å². The second-order valence-electron chi connectivity index (χ2n) is 6.71. The number of aromatic nitrogens is 3. The van der Waals surface area contributed by atoms with E-state index in [1.54, 1.807) is 12.4 Å². The summed E-state index contributed by atoms with van der Waals surface area (Å²) in [5.41, 5.74) is 1.25. The highest BCUT2D eigenvalue weighted by molar-refractivity contribution is 8.00. The van der Waals surface area contributed by atoms with Crippen molar-refractivity contribution < 1.29 is 19.5 Å². The molecule has 2 amide bonds. The van der Waals surface area contributed by atoms with Gasteiger partial charge in [0.1, 0.15) is 22.1 Å². The Kier molecular flexibility index (Phi) is 5.98. The molecule has 160 valence electrons. The number of carboxylic acids is 1. The number of nitrogens with one attached hydrogen (secondary N) is 2. The maximum Gasteiger partial charge on any atom is 0.353 e. The first kappa shape index (κ1) is 21.3. The lowest BCUT2D eigenvalue weighted by molar-refractivity contribution is -0.148. The number of thiocarbonyl (C=S) groups is 1. The molecule has 0 bridgehead atoms. The second kappa shape index (κ2) is 8.69. The number of β-lactam (4-membered cyclic amide) rings is 1. The van der Waals surface area contributed by atoms with E-state index in [0.29, 0.717) is 27.7 Å². The van der Waals surface area contributed by atoms with Crippen molar-refractivity contribution in [3.63, 3.8) is 0 Å². The molecular weight excluding hydrogens is 460 g/mol. The number of pyridine rings is 1. The first-order valence-electron chi connectivity index (χ1n) is 9.06. The number of carboxylic acid groups (broad SMARTS) is 1. The van der Waals surface area contributed by atoms with Crippen molar-refractivity contribution in [3.8, 4) is 0 Å². The van der Waals surface area contributed by atoms with Crippen molar-refractivity contribution in [3.05, 3.63) is 40.8 Å². The Labute approximate surface area is 190 Å². The van der Waals surface area contributed by atoms with Gasteiger partial charge in [-0.1, -0.05) is 23.6 Å². The summed E-state index contributed by atoms with van der Waals surface area (Å²) in [5, 5.41) is 23.5. The average molecular weight is 477 g/mol. The van der Waals surface area contributed by atoms with Crippen molar-refractivity contribution in [2.45, 2.75) is 24.8 Å². The lowest BCUT2D eigenvalue weighted by Crippen LogP contribution is -2.70. The Morgan fingerprint density at radius 2 is 2.06 bits per heavy atom. The van der Waals surface area contributed by atoms with Crippen LogP contribution in [0.1, 0.15) is 17.5 Å². The van der Waals surface area contributed by atoms with Gasteiger partial charge >= 0.3 is 5.97 Å². The first-order chi connectivity index (χ1) is 14.8. The fraction of sp³-hybridized carbons (Fsp3) is 0.278. The van der Waals surface area contributed by atoms with Gasteiger partial charge in [0.15, 0.2) is 0 Å². The SMILES string of the molecule is CC(=O)Nc1nnc(C2=C(C(=O)O)N3C(=O)C(NC(=S)Cc4ccncc4)[C@@H]3SC2)s1. The summed E-state index contributed by atoms with van der Waals surface area (Å²) in [5.74, 6) is -1.55. The van der Waals surface area contributed by atoms with Gasteiger partial charge in [-0.3, -0.25) is 19.5 Å². The van der Waals surface area contributed by atoms with Crippen LogP contribution in [-0.4, -0.2) is 65.1 Å². The molecule has 31 heavy (non-hydrogen) atoms. The Morgan fingerprint density at radius 1 is 1.32 bits per heavy atom. The van der Waals surface area contributed by atoms with Gasteiger partial charge in [-0.05, 0) is 17.7 Å². The van der Waals surface area contributed by atoms with Crippen LogP contribution in [0.15, 0.2) is 30.2 Å². The molecular formula is C18H16N6O4S3. The van der Waals surface area contributed by atoms with Gasteiger partial charge in [-0.25, -0.2) is 4.79 Å². The molecule has 0 saturated carbocycles. The van der Waals surface area contributed by atoms with Gasteiger partial charge in [0, 0.05) is 37.1 Å². The monoisotopic (exact) mass is 476 g/mol. The normalized spacial score (nSPS) is 20.0. The average Bonchev–Trinajstić information content (AvgIpc) is 3.19. The topological polar surface area (TPSA) is 137 Å². The lowest BCUT2D eigenvalue weighted by Gasteiger charge is -2.49. The summed E-state index contributed by atoms with van der Waals surface area (Å²) in [6.45, 7) is 1.34. The molecule has 0 radical (unpaired) electrons. The fourth-order valence-corrected chi connectivity index (χ4v) is 5.80.